The molecule has 0 spiro atoms. The van der Waals surface area contributed by atoms with Gasteiger partial charge in [0.05, 0.1) is 6.10 Å². The highest BCUT2D eigenvalue weighted by Gasteiger charge is 2.11. The average molecular weight is 329 g/mol. The predicted octanol–water partition coefficient (Wildman–Crippen LogP) is 1.04. The van der Waals surface area contributed by atoms with Crippen molar-refractivity contribution in [3.8, 4) is 0 Å². The molecule has 2 rings (SSSR count). The molecule has 0 aliphatic heterocycles. The molecular weight excluding hydrogens is 306 g/mol. The Morgan fingerprint density at radius 2 is 2.00 bits per heavy atom. The summed E-state index contributed by atoms with van der Waals surface area (Å²) in [6.07, 6.45) is 0.367. The largest absolute Gasteiger partial charge is 0.391 e. The lowest BCUT2D eigenvalue weighted by atomic mass is 10.1. The summed E-state index contributed by atoms with van der Waals surface area (Å²) in [5, 5.41) is 12.7. The molecule has 1 unspecified atom stereocenters. The summed E-state index contributed by atoms with van der Waals surface area (Å²) in [6.45, 7) is 3.67. The first-order valence-corrected chi connectivity index (χ1v) is 8.01. The van der Waals surface area contributed by atoms with Gasteiger partial charge < -0.3 is 15.4 Å². The number of H-pyrrole nitrogens is 1. The van der Waals surface area contributed by atoms with Crippen molar-refractivity contribution in [3.05, 3.63) is 63.3 Å². The van der Waals surface area contributed by atoms with Crippen LogP contribution < -0.4 is 10.9 Å². The second kappa shape index (κ2) is 8.40. The zero-order valence-corrected chi connectivity index (χ0v) is 14.0. The fourth-order valence-corrected chi connectivity index (χ4v) is 2.56. The Kier molecular flexibility index (Phi) is 6.26. The van der Waals surface area contributed by atoms with Crippen molar-refractivity contribution in [2.24, 2.45) is 0 Å². The molecule has 1 aromatic heterocycles. The van der Waals surface area contributed by atoms with Gasteiger partial charge in [0.15, 0.2) is 0 Å². The van der Waals surface area contributed by atoms with E-state index in [-0.39, 0.29) is 24.4 Å². The minimum atomic E-state index is -0.637. The summed E-state index contributed by atoms with van der Waals surface area (Å²) in [6, 6.07) is 9.61. The fourth-order valence-electron chi connectivity index (χ4n) is 2.56. The van der Waals surface area contributed by atoms with E-state index in [0.717, 1.165) is 5.56 Å². The van der Waals surface area contributed by atoms with Crippen LogP contribution in [0.2, 0.25) is 0 Å². The quantitative estimate of drug-likeness (QED) is 0.707. The van der Waals surface area contributed by atoms with E-state index in [1.165, 1.54) is 0 Å². The molecule has 1 heterocycles. The summed E-state index contributed by atoms with van der Waals surface area (Å²) in [5.74, 6) is 0.372. The van der Waals surface area contributed by atoms with E-state index >= 15 is 0 Å². The number of aryl methyl sites for hydroxylation is 2. The van der Waals surface area contributed by atoms with Crippen LogP contribution in [-0.2, 0) is 17.6 Å². The molecule has 2 aromatic rings. The van der Waals surface area contributed by atoms with Crippen molar-refractivity contribution in [1.29, 1.82) is 0 Å². The van der Waals surface area contributed by atoms with Crippen molar-refractivity contribution >= 4 is 5.91 Å². The van der Waals surface area contributed by atoms with Crippen molar-refractivity contribution < 1.29 is 9.90 Å². The number of rotatable bonds is 7. The maximum Gasteiger partial charge on any atom is 0.254 e. The number of aromatic nitrogens is 2. The van der Waals surface area contributed by atoms with Gasteiger partial charge in [-0.15, -0.1) is 0 Å². The van der Waals surface area contributed by atoms with Gasteiger partial charge in [0.2, 0.25) is 5.91 Å². The molecule has 0 aliphatic carbocycles. The van der Waals surface area contributed by atoms with Gasteiger partial charge in [-0.05, 0) is 25.8 Å². The average Bonchev–Trinajstić information content (AvgIpc) is 2.53. The van der Waals surface area contributed by atoms with Gasteiger partial charge >= 0.3 is 0 Å². The molecule has 6 nitrogen and oxygen atoms in total. The van der Waals surface area contributed by atoms with Gasteiger partial charge in [-0.1, -0.05) is 30.3 Å². The molecule has 0 aliphatic rings. The Labute approximate surface area is 141 Å². The first-order valence-electron chi connectivity index (χ1n) is 8.01. The van der Waals surface area contributed by atoms with E-state index in [2.05, 4.69) is 15.3 Å². The predicted molar refractivity (Wildman–Crippen MR) is 91.8 cm³/mol. The summed E-state index contributed by atoms with van der Waals surface area (Å²) in [4.78, 5) is 30.6. The summed E-state index contributed by atoms with van der Waals surface area (Å²) in [7, 11) is 0. The molecule has 128 valence electrons. The van der Waals surface area contributed by atoms with Crippen molar-refractivity contribution in [2.75, 3.05) is 6.54 Å². The van der Waals surface area contributed by atoms with Crippen molar-refractivity contribution in [2.45, 2.75) is 39.2 Å². The van der Waals surface area contributed by atoms with Crippen LogP contribution in [0.4, 0.5) is 0 Å². The first-order chi connectivity index (χ1) is 11.5. The zero-order valence-electron chi connectivity index (χ0n) is 14.0. The van der Waals surface area contributed by atoms with Gasteiger partial charge in [0.1, 0.15) is 5.82 Å². The third kappa shape index (κ3) is 5.31. The molecule has 0 fully saturated rings. The number of nitrogens with zero attached hydrogens (tertiary/aromatic N) is 1. The molecule has 1 aromatic carbocycles. The number of aliphatic hydroxyl groups is 1. The van der Waals surface area contributed by atoms with E-state index < -0.39 is 6.10 Å². The number of aromatic amines is 1. The van der Waals surface area contributed by atoms with E-state index in [4.69, 9.17) is 0 Å². The third-order valence-electron chi connectivity index (χ3n) is 3.79. The Morgan fingerprint density at radius 1 is 1.29 bits per heavy atom. The standard InChI is InChI=1S/C18H23N3O3/c1-12-16(18(24)21-13(2)20-12)8-9-17(23)19-11-15(22)10-14-6-4-3-5-7-14/h3-7,15,22H,8-11H2,1-2H3,(H,19,23)(H,20,21,24). The van der Waals surface area contributed by atoms with Crippen LogP contribution in [0.3, 0.4) is 0 Å². The van der Waals surface area contributed by atoms with E-state index in [0.29, 0.717) is 29.9 Å². The Bertz CT molecular complexity index is 741. The highest BCUT2D eigenvalue weighted by atomic mass is 16.3. The SMILES string of the molecule is Cc1nc(C)c(CCC(=O)NCC(O)Cc2ccccc2)c(=O)[nH]1. The topological polar surface area (TPSA) is 95.1 Å². The number of carbonyl (C=O) groups is 1. The number of amides is 1. The second-order valence-electron chi connectivity index (χ2n) is 5.86. The van der Waals surface area contributed by atoms with Gasteiger partial charge in [-0.2, -0.15) is 0 Å². The molecule has 0 saturated heterocycles. The Balaban J connectivity index is 1.79. The van der Waals surface area contributed by atoms with Gasteiger partial charge in [-0.3, -0.25) is 9.59 Å². The Hall–Kier alpha value is -2.47. The first kappa shape index (κ1) is 17.9. The highest BCUT2D eigenvalue weighted by molar-refractivity contribution is 5.76. The lowest BCUT2D eigenvalue weighted by molar-refractivity contribution is -0.121. The molecule has 6 heteroatoms. The van der Waals surface area contributed by atoms with Crippen molar-refractivity contribution in [1.82, 2.24) is 15.3 Å². The van der Waals surface area contributed by atoms with Crippen LogP contribution in [0, 0.1) is 13.8 Å². The van der Waals surface area contributed by atoms with Crippen LogP contribution in [0.1, 0.15) is 29.1 Å². The fraction of sp³-hybridized carbons (Fsp3) is 0.389. The van der Waals surface area contributed by atoms with Crippen LogP contribution in [0.25, 0.3) is 0 Å². The molecular formula is C18H23N3O3. The normalized spacial score (nSPS) is 12.0. The maximum absolute atomic E-state index is 11.9. The van der Waals surface area contributed by atoms with Crippen LogP contribution >= 0.6 is 0 Å². The number of benzene rings is 1. The molecule has 3 N–H and O–H groups in total. The van der Waals surface area contributed by atoms with Crippen LogP contribution in [0.5, 0.6) is 0 Å². The number of nitrogens with one attached hydrogen (secondary N) is 2. The van der Waals surface area contributed by atoms with E-state index in [1.54, 1.807) is 13.8 Å². The summed E-state index contributed by atoms with van der Waals surface area (Å²) in [5.41, 5.74) is 2.00. The second-order valence-corrected chi connectivity index (χ2v) is 5.86. The Morgan fingerprint density at radius 3 is 2.67 bits per heavy atom. The highest BCUT2D eigenvalue weighted by Crippen LogP contribution is 2.04. The number of hydrogen-bond acceptors (Lipinski definition) is 4. The van der Waals surface area contributed by atoms with Crippen molar-refractivity contribution in [3.63, 3.8) is 0 Å². The van der Waals surface area contributed by atoms with E-state index in [1.807, 2.05) is 30.3 Å². The third-order valence-corrected chi connectivity index (χ3v) is 3.79. The lowest BCUT2D eigenvalue weighted by Gasteiger charge is -2.12. The molecule has 24 heavy (non-hydrogen) atoms. The van der Waals surface area contributed by atoms with Crippen LogP contribution in [0.15, 0.2) is 35.1 Å². The molecule has 0 saturated carbocycles. The number of aliphatic hydroxyl groups excluding tert-OH is 1. The van der Waals surface area contributed by atoms with E-state index in [9.17, 15) is 14.7 Å². The molecule has 1 atom stereocenters. The summed E-state index contributed by atoms with van der Waals surface area (Å²) >= 11 is 0. The van der Waals surface area contributed by atoms with Crippen LogP contribution in [-0.4, -0.2) is 33.6 Å². The molecule has 0 radical (unpaired) electrons. The smallest absolute Gasteiger partial charge is 0.254 e. The minimum Gasteiger partial charge on any atom is -0.391 e. The molecule has 1 amide bonds. The van der Waals surface area contributed by atoms with Gasteiger partial charge in [0, 0.05) is 30.6 Å². The monoisotopic (exact) mass is 329 g/mol. The number of hydrogen-bond donors (Lipinski definition) is 3. The lowest BCUT2D eigenvalue weighted by Crippen LogP contribution is -2.33. The minimum absolute atomic E-state index is 0.187. The maximum atomic E-state index is 11.9. The zero-order chi connectivity index (χ0) is 17.5. The summed E-state index contributed by atoms with van der Waals surface area (Å²) < 4.78 is 0. The van der Waals surface area contributed by atoms with Gasteiger partial charge in [-0.25, -0.2) is 4.98 Å². The van der Waals surface area contributed by atoms with Gasteiger partial charge in [0.25, 0.3) is 5.56 Å². The molecule has 0 bridgehead atoms. The number of carbonyl (C=O) groups excluding carboxylic acids is 1.